The lowest BCUT2D eigenvalue weighted by Gasteiger charge is -2.14. The van der Waals surface area contributed by atoms with Gasteiger partial charge in [-0.05, 0) is 36.4 Å². The zero-order chi connectivity index (χ0) is 15.9. The molecule has 114 valence electrons. The molecule has 0 bridgehead atoms. The molecule has 2 rings (SSSR count). The molecule has 0 unspecified atom stereocenters. The van der Waals surface area contributed by atoms with Crippen LogP contribution in [0.2, 0.25) is 5.02 Å². The minimum absolute atomic E-state index is 0.193. The van der Waals surface area contributed by atoms with Crippen molar-refractivity contribution in [2.75, 3.05) is 11.9 Å². The zero-order valence-corrected chi connectivity index (χ0v) is 12.2. The Morgan fingerprint density at radius 3 is 2.36 bits per heavy atom. The molecule has 0 aliphatic carbocycles. The molecule has 0 aliphatic rings. The number of hydrogen-bond donors (Lipinski definition) is 2. The van der Waals surface area contributed by atoms with Crippen molar-refractivity contribution in [3.63, 3.8) is 0 Å². The molecule has 2 aromatic rings. The van der Waals surface area contributed by atoms with Crippen LogP contribution in [0.3, 0.4) is 0 Å². The molecule has 6 nitrogen and oxygen atoms in total. The lowest BCUT2D eigenvalue weighted by atomic mass is 10.3. The highest BCUT2D eigenvalue weighted by atomic mass is 35.5. The summed E-state index contributed by atoms with van der Waals surface area (Å²) < 4.78 is 4.88. The van der Waals surface area contributed by atoms with Gasteiger partial charge in [-0.25, -0.2) is 4.79 Å². The second kappa shape index (κ2) is 7.44. The molecule has 0 saturated heterocycles. The lowest BCUT2D eigenvalue weighted by molar-refractivity contribution is -0.126. The molecule has 2 amide bonds. The van der Waals surface area contributed by atoms with Crippen molar-refractivity contribution in [2.24, 2.45) is 0 Å². The minimum atomic E-state index is -1.04. The van der Waals surface area contributed by atoms with Crippen LogP contribution in [-0.2, 0) is 4.79 Å². The monoisotopic (exact) mass is 320 g/mol. The number of halogens is 1. The Kier molecular flexibility index (Phi) is 5.35. The van der Waals surface area contributed by atoms with Gasteiger partial charge in [0.1, 0.15) is 12.3 Å². The van der Waals surface area contributed by atoms with E-state index >= 15 is 0 Å². The topological polar surface area (TPSA) is 78.9 Å². The number of nitrogens with one attached hydrogen (secondary N) is 1. The summed E-state index contributed by atoms with van der Waals surface area (Å²) in [6.07, 6.45) is -1.04. The SMILES string of the molecule is O=C(CN(O)C(=O)Oc1ccccc1)Nc1ccc(Cl)cc1. The molecule has 0 aromatic heterocycles. The van der Waals surface area contributed by atoms with Crippen LogP contribution in [0.4, 0.5) is 10.5 Å². The zero-order valence-electron chi connectivity index (χ0n) is 11.4. The number of nitrogens with zero attached hydrogens (tertiary/aromatic N) is 1. The highest BCUT2D eigenvalue weighted by Gasteiger charge is 2.17. The molecular formula is C15H13ClN2O4. The number of rotatable bonds is 4. The molecule has 2 aromatic carbocycles. The normalized spacial score (nSPS) is 9.91. The molecular weight excluding hydrogens is 308 g/mol. The van der Waals surface area contributed by atoms with Crippen molar-refractivity contribution in [3.05, 3.63) is 59.6 Å². The minimum Gasteiger partial charge on any atom is -0.409 e. The van der Waals surface area contributed by atoms with Crippen molar-refractivity contribution in [1.82, 2.24) is 5.06 Å². The quantitative estimate of drug-likeness (QED) is 0.670. The highest BCUT2D eigenvalue weighted by molar-refractivity contribution is 6.30. The van der Waals surface area contributed by atoms with E-state index in [1.807, 2.05) is 0 Å². The van der Waals surface area contributed by atoms with E-state index < -0.39 is 18.5 Å². The Hall–Kier alpha value is -2.57. The number of carbonyl (C=O) groups excluding carboxylic acids is 2. The van der Waals surface area contributed by atoms with Gasteiger partial charge in [0.15, 0.2) is 0 Å². The standard InChI is InChI=1S/C15H13ClN2O4/c16-11-6-8-12(9-7-11)17-14(19)10-18(21)15(20)22-13-4-2-1-3-5-13/h1-9,21H,10H2,(H,17,19). The third-order valence-corrected chi connectivity index (χ3v) is 2.83. The van der Waals surface area contributed by atoms with E-state index in [2.05, 4.69) is 5.32 Å². The Morgan fingerprint density at radius 2 is 1.73 bits per heavy atom. The predicted octanol–water partition coefficient (Wildman–Crippen LogP) is 3.17. The maximum atomic E-state index is 11.7. The summed E-state index contributed by atoms with van der Waals surface area (Å²) in [5, 5.41) is 12.8. The highest BCUT2D eigenvalue weighted by Crippen LogP contribution is 2.13. The second-order valence-corrected chi connectivity index (χ2v) is 4.73. The van der Waals surface area contributed by atoms with Crippen molar-refractivity contribution in [3.8, 4) is 5.75 Å². The van der Waals surface area contributed by atoms with Gasteiger partial charge >= 0.3 is 6.09 Å². The van der Waals surface area contributed by atoms with Gasteiger partial charge in [-0.3, -0.25) is 10.0 Å². The number of hydrogen-bond acceptors (Lipinski definition) is 4. The predicted molar refractivity (Wildman–Crippen MR) is 81.0 cm³/mol. The average Bonchev–Trinajstić information content (AvgIpc) is 2.50. The van der Waals surface area contributed by atoms with E-state index in [9.17, 15) is 14.8 Å². The van der Waals surface area contributed by atoms with Crippen molar-refractivity contribution < 1.29 is 19.5 Å². The van der Waals surface area contributed by atoms with Crippen LogP contribution in [0.25, 0.3) is 0 Å². The number of benzene rings is 2. The van der Waals surface area contributed by atoms with Crippen molar-refractivity contribution >= 4 is 29.3 Å². The summed E-state index contributed by atoms with van der Waals surface area (Å²) in [6, 6.07) is 14.6. The number of hydroxylamine groups is 2. The van der Waals surface area contributed by atoms with Gasteiger partial charge in [0, 0.05) is 10.7 Å². The summed E-state index contributed by atoms with van der Waals surface area (Å²) in [5.74, 6) is -0.306. The number of para-hydroxylation sites is 1. The molecule has 0 atom stereocenters. The summed E-state index contributed by atoms with van der Waals surface area (Å²) in [6.45, 7) is -0.561. The molecule has 0 heterocycles. The number of carbonyl (C=O) groups is 2. The molecule has 0 spiro atoms. The summed E-state index contributed by atoms with van der Waals surface area (Å²) in [7, 11) is 0. The number of ether oxygens (including phenoxy) is 1. The first-order valence-electron chi connectivity index (χ1n) is 6.33. The van der Waals surface area contributed by atoms with Gasteiger partial charge in [-0.2, -0.15) is 5.06 Å². The number of amides is 2. The van der Waals surface area contributed by atoms with Crippen LogP contribution in [0, 0.1) is 0 Å². The molecule has 0 radical (unpaired) electrons. The van der Waals surface area contributed by atoms with Gasteiger partial charge in [-0.15, -0.1) is 0 Å². The van der Waals surface area contributed by atoms with Crippen LogP contribution in [-0.4, -0.2) is 28.8 Å². The van der Waals surface area contributed by atoms with E-state index in [0.717, 1.165) is 0 Å². The maximum Gasteiger partial charge on any atom is 0.439 e. The maximum absolute atomic E-state index is 11.7. The number of anilines is 1. The molecule has 22 heavy (non-hydrogen) atoms. The van der Waals surface area contributed by atoms with Crippen molar-refractivity contribution in [2.45, 2.75) is 0 Å². The lowest BCUT2D eigenvalue weighted by Crippen LogP contribution is -2.37. The largest absolute Gasteiger partial charge is 0.439 e. The van der Waals surface area contributed by atoms with E-state index in [-0.39, 0.29) is 10.8 Å². The summed E-state index contributed by atoms with van der Waals surface area (Å²) in [4.78, 5) is 23.3. The molecule has 0 aliphatic heterocycles. The Labute approximate surface area is 131 Å². The van der Waals surface area contributed by atoms with Gasteiger partial charge in [0.2, 0.25) is 5.91 Å². The van der Waals surface area contributed by atoms with Gasteiger partial charge in [0.05, 0.1) is 0 Å². The molecule has 7 heteroatoms. The second-order valence-electron chi connectivity index (χ2n) is 4.29. The van der Waals surface area contributed by atoms with Crippen LogP contribution in [0.15, 0.2) is 54.6 Å². The molecule has 2 N–H and O–H groups in total. The van der Waals surface area contributed by atoms with Crippen LogP contribution in [0.5, 0.6) is 5.75 Å². The fourth-order valence-corrected chi connectivity index (χ4v) is 1.70. The average molecular weight is 321 g/mol. The van der Waals surface area contributed by atoms with Crippen LogP contribution in [0.1, 0.15) is 0 Å². The van der Waals surface area contributed by atoms with Gasteiger partial charge in [0.25, 0.3) is 0 Å². The van der Waals surface area contributed by atoms with E-state index in [4.69, 9.17) is 16.3 Å². The molecule has 0 fully saturated rings. The summed E-state index contributed by atoms with van der Waals surface area (Å²) >= 11 is 5.73. The van der Waals surface area contributed by atoms with Crippen molar-refractivity contribution in [1.29, 1.82) is 0 Å². The summed E-state index contributed by atoms with van der Waals surface area (Å²) in [5.41, 5.74) is 0.499. The smallest absolute Gasteiger partial charge is 0.409 e. The van der Waals surface area contributed by atoms with Gasteiger partial charge < -0.3 is 10.1 Å². The Morgan fingerprint density at radius 1 is 1.09 bits per heavy atom. The van der Waals surface area contributed by atoms with Gasteiger partial charge in [-0.1, -0.05) is 29.8 Å². The Balaban J connectivity index is 1.85. The first-order valence-corrected chi connectivity index (χ1v) is 6.71. The molecule has 0 saturated carbocycles. The van der Waals surface area contributed by atoms with E-state index in [0.29, 0.717) is 10.7 Å². The van der Waals surface area contributed by atoms with Crippen LogP contribution >= 0.6 is 11.6 Å². The fourth-order valence-electron chi connectivity index (χ4n) is 1.58. The Bertz CT molecular complexity index is 646. The van der Waals surface area contributed by atoms with E-state index in [1.165, 1.54) is 0 Å². The van der Waals surface area contributed by atoms with E-state index in [1.54, 1.807) is 54.6 Å². The third kappa shape index (κ3) is 4.76. The fraction of sp³-hybridized carbons (Fsp3) is 0.0667. The van der Waals surface area contributed by atoms with Crippen LogP contribution < -0.4 is 10.1 Å². The first kappa shape index (κ1) is 15.8. The third-order valence-electron chi connectivity index (χ3n) is 2.58. The first-order chi connectivity index (χ1) is 10.5.